The molecule has 0 saturated heterocycles. The summed E-state index contributed by atoms with van der Waals surface area (Å²) in [6.07, 6.45) is 6.30. The van der Waals surface area contributed by atoms with Crippen molar-refractivity contribution in [1.29, 1.82) is 0 Å². The molecule has 0 radical (unpaired) electrons. The molecule has 0 aromatic heterocycles. The van der Waals surface area contributed by atoms with E-state index in [4.69, 9.17) is 0 Å². The third-order valence-electron chi connectivity index (χ3n) is 1.86. The van der Waals surface area contributed by atoms with Gasteiger partial charge in [0.1, 0.15) is 0 Å². The van der Waals surface area contributed by atoms with E-state index in [2.05, 4.69) is 5.73 Å². The van der Waals surface area contributed by atoms with Gasteiger partial charge in [-0.3, -0.25) is 0 Å². The lowest BCUT2D eigenvalue weighted by atomic mass is 9.95. The largest absolute Gasteiger partial charge is 0.388 e. The van der Waals surface area contributed by atoms with Gasteiger partial charge in [0.05, 0.1) is 6.10 Å². The fourth-order valence-corrected chi connectivity index (χ4v) is 1.12. The Bertz CT molecular complexity index is 217. The van der Waals surface area contributed by atoms with Crippen LogP contribution in [0.1, 0.15) is 20.3 Å². The Kier molecular flexibility index (Phi) is 2.70. The van der Waals surface area contributed by atoms with Crippen LogP contribution in [0.5, 0.6) is 0 Å². The molecule has 1 heteroatoms. The number of aliphatic hydroxyl groups excluding tert-OH is 1. The van der Waals surface area contributed by atoms with Crippen molar-refractivity contribution in [3.63, 3.8) is 0 Å². The van der Waals surface area contributed by atoms with Gasteiger partial charge in [-0.2, -0.15) is 0 Å². The number of hydrogen-bond acceptors (Lipinski definition) is 1. The SMILES string of the molecule is CC(C)[C@@H](O)C1=CC=C=CC1. The summed E-state index contributed by atoms with van der Waals surface area (Å²) in [6, 6.07) is 0. The average Bonchev–Trinajstić information content (AvgIpc) is 2.05. The number of allylic oxidation sites excluding steroid dienone is 2. The summed E-state index contributed by atoms with van der Waals surface area (Å²) in [7, 11) is 0. The zero-order valence-electron chi connectivity index (χ0n) is 7.04. The highest BCUT2D eigenvalue weighted by Gasteiger charge is 2.13. The van der Waals surface area contributed by atoms with Crippen molar-refractivity contribution < 1.29 is 5.11 Å². The molecule has 1 rings (SSSR count). The Labute approximate surface area is 67.7 Å². The Morgan fingerprint density at radius 1 is 1.55 bits per heavy atom. The van der Waals surface area contributed by atoms with Gasteiger partial charge in [0.15, 0.2) is 0 Å². The monoisotopic (exact) mass is 150 g/mol. The highest BCUT2D eigenvalue weighted by molar-refractivity contribution is 5.23. The van der Waals surface area contributed by atoms with Crippen molar-refractivity contribution in [3.8, 4) is 0 Å². The summed E-state index contributed by atoms with van der Waals surface area (Å²) in [5.41, 5.74) is 4.07. The average molecular weight is 150 g/mol. The van der Waals surface area contributed by atoms with Crippen molar-refractivity contribution in [1.82, 2.24) is 0 Å². The normalized spacial score (nSPS) is 18.7. The Morgan fingerprint density at radius 3 is 2.73 bits per heavy atom. The molecule has 0 fully saturated rings. The Morgan fingerprint density at radius 2 is 2.27 bits per heavy atom. The van der Waals surface area contributed by atoms with Gasteiger partial charge < -0.3 is 5.11 Å². The molecule has 0 bridgehead atoms. The van der Waals surface area contributed by atoms with Gasteiger partial charge in [-0.25, -0.2) is 0 Å². The minimum absolute atomic E-state index is 0.287. The molecule has 0 amide bonds. The minimum atomic E-state index is -0.287. The molecular weight excluding hydrogens is 136 g/mol. The van der Waals surface area contributed by atoms with Gasteiger partial charge in [-0.1, -0.05) is 19.9 Å². The van der Waals surface area contributed by atoms with Gasteiger partial charge in [0.2, 0.25) is 0 Å². The van der Waals surface area contributed by atoms with Crippen molar-refractivity contribution >= 4 is 0 Å². The lowest BCUT2D eigenvalue weighted by molar-refractivity contribution is 0.158. The minimum Gasteiger partial charge on any atom is -0.388 e. The van der Waals surface area contributed by atoms with Crippen LogP contribution < -0.4 is 0 Å². The first-order valence-corrected chi connectivity index (χ1v) is 4.00. The van der Waals surface area contributed by atoms with Crippen LogP contribution in [0.2, 0.25) is 0 Å². The fraction of sp³-hybridized carbons (Fsp3) is 0.500. The van der Waals surface area contributed by atoms with E-state index in [0.717, 1.165) is 12.0 Å². The molecule has 1 aliphatic rings. The van der Waals surface area contributed by atoms with Crippen LogP contribution in [0.25, 0.3) is 0 Å². The molecule has 0 aromatic rings. The third kappa shape index (κ3) is 2.07. The van der Waals surface area contributed by atoms with Gasteiger partial charge in [0.25, 0.3) is 0 Å². The van der Waals surface area contributed by atoms with E-state index >= 15 is 0 Å². The lowest BCUT2D eigenvalue weighted by Gasteiger charge is -2.17. The Balaban J connectivity index is 2.63. The molecule has 1 nitrogen and oxygen atoms in total. The summed E-state index contributed by atoms with van der Waals surface area (Å²) < 4.78 is 0. The standard InChI is InChI=1S/C10H14O/c1-8(2)10(11)9-6-4-3-5-7-9/h4-6,8,10-11H,7H2,1-2H3/t10-/m1/s1. The summed E-state index contributed by atoms with van der Waals surface area (Å²) in [5.74, 6) is 0.307. The maximum atomic E-state index is 9.62. The second kappa shape index (κ2) is 3.56. The molecule has 0 aromatic carbocycles. The number of rotatable bonds is 2. The smallest absolute Gasteiger partial charge is 0.0779 e. The second-order valence-corrected chi connectivity index (χ2v) is 3.17. The molecular formula is C10H14O. The van der Waals surface area contributed by atoms with Crippen molar-refractivity contribution in [2.75, 3.05) is 0 Å². The highest BCUT2D eigenvalue weighted by Crippen LogP contribution is 2.17. The van der Waals surface area contributed by atoms with Crippen LogP contribution in [-0.4, -0.2) is 11.2 Å². The number of hydrogen-bond donors (Lipinski definition) is 1. The maximum Gasteiger partial charge on any atom is 0.0779 e. The Hall–Kier alpha value is -0.780. The molecule has 0 spiro atoms. The summed E-state index contributed by atoms with van der Waals surface area (Å²) in [4.78, 5) is 0. The fourth-order valence-electron chi connectivity index (χ4n) is 1.12. The van der Waals surface area contributed by atoms with E-state index in [9.17, 15) is 5.11 Å². The molecule has 1 N–H and O–H groups in total. The van der Waals surface area contributed by atoms with E-state index in [1.165, 1.54) is 0 Å². The van der Waals surface area contributed by atoms with E-state index in [1.807, 2.05) is 32.1 Å². The molecule has 0 heterocycles. The molecule has 11 heavy (non-hydrogen) atoms. The quantitative estimate of drug-likeness (QED) is 0.597. The molecule has 60 valence electrons. The van der Waals surface area contributed by atoms with Crippen LogP contribution in [0.15, 0.2) is 29.5 Å². The predicted molar refractivity (Wildman–Crippen MR) is 46.2 cm³/mol. The van der Waals surface area contributed by atoms with Gasteiger partial charge in [-0.05, 0) is 30.1 Å². The van der Waals surface area contributed by atoms with Gasteiger partial charge in [0, 0.05) is 0 Å². The molecule has 1 aliphatic carbocycles. The van der Waals surface area contributed by atoms with E-state index in [-0.39, 0.29) is 6.10 Å². The summed E-state index contributed by atoms with van der Waals surface area (Å²) in [6.45, 7) is 4.04. The summed E-state index contributed by atoms with van der Waals surface area (Å²) >= 11 is 0. The van der Waals surface area contributed by atoms with Crippen LogP contribution in [-0.2, 0) is 0 Å². The zero-order valence-corrected chi connectivity index (χ0v) is 7.04. The molecule has 0 unspecified atom stereocenters. The zero-order chi connectivity index (χ0) is 8.27. The third-order valence-corrected chi connectivity index (χ3v) is 1.86. The van der Waals surface area contributed by atoms with Crippen LogP contribution in [0, 0.1) is 5.92 Å². The van der Waals surface area contributed by atoms with Crippen molar-refractivity contribution in [3.05, 3.63) is 29.5 Å². The molecule has 0 aliphatic heterocycles. The number of aliphatic hydroxyl groups is 1. The van der Waals surface area contributed by atoms with Crippen LogP contribution >= 0.6 is 0 Å². The van der Waals surface area contributed by atoms with Gasteiger partial charge in [-0.15, -0.1) is 5.73 Å². The maximum absolute atomic E-state index is 9.62. The van der Waals surface area contributed by atoms with E-state index < -0.39 is 0 Å². The first kappa shape index (κ1) is 8.32. The van der Waals surface area contributed by atoms with Crippen molar-refractivity contribution in [2.45, 2.75) is 26.4 Å². The van der Waals surface area contributed by atoms with Crippen molar-refractivity contribution in [2.24, 2.45) is 5.92 Å². The summed E-state index contributed by atoms with van der Waals surface area (Å²) in [5, 5.41) is 9.62. The van der Waals surface area contributed by atoms with E-state index in [1.54, 1.807) is 0 Å². The van der Waals surface area contributed by atoms with Crippen LogP contribution in [0.3, 0.4) is 0 Å². The first-order chi connectivity index (χ1) is 5.22. The van der Waals surface area contributed by atoms with Gasteiger partial charge >= 0.3 is 0 Å². The molecule has 1 atom stereocenters. The van der Waals surface area contributed by atoms with E-state index in [0.29, 0.717) is 5.92 Å². The molecule has 0 saturated carbocycles. The topological polar surface area (TPSA) is 20.2 Å². The predicted octanol–water partition coefficient (Wildman–Crippen LogP) is 2.04. The lowest BCUT2D eigenvalue weighted by Crippen LogP contribution is -2.17. The van der Waals surface area contributed by atoms with Crippen LogP contribution in [0.4, 0.5) is 0 Å². The highest BCUT2D eigenvalue weighted by atomic mass is 16.3. The second-order valence-electron chi connectivity index (χ2n) is 3.17. The first-order valence-electron chi connectivity index (χ1n) is 4.00.